The van der Waals surface area contributed by atoms with E-state index in [9.17, 15) is 19.2 Å². The van der Waals surface area contributed by atoms with E-state index in [1.54, 1.807) is 50.2 Å². The molecule has 0 radical (unpaired) electrons. The fraction of sp³-hybridized carbons (Fsp3) is 0.286. The predicted octanol–water partition coefficient (Wildman–Crippen LogP) is 11.6. The number of ketones is 2. The van der Waals surface area contributed by atoms with Gasteiger partial charge < -0.3 is 18.9 Å². The van der Waals surface area contributed by atoms with Gasteiger partial charge in [0.2, 0.25) is 0 Å². The molecule has 0 aliphatic carbocycles. The third kappa shape index (κ3) is 16.9. The van der Waals surface area contributed by atoms with Crippen LogP contribution in [-0.2, 0) is 35.8 Å². The van der Waals surface area contributed by atoms with Crippen LogP contribution >= 0.6 is 0 Å². The third-order valence-corrected chi connectivity index (χ3v) is 11.0. The Kier molecular flexibility index (Phi) is 20.2. The number of benzene rings is 6. The highest BCUT2D eigenvalue weighted by molar-refractivity contribution is 6.00. The van der Waals surface area contributed by atoms with Gasteiger partial charge in [0.05, 0.1) is 37.7 Å². The van der Waals surface area contributed by atoms with E-state index in [0.717, 1.165) is 47.9 Å². The number of carbonyl (C=O) groups excluding carboxylic acids is 4. The van der Waals surface area contributed by atoms with Gasteiger partial charge in [-0.15, -0.1) is 0 Å². The van der Waals surface area contributed by atoms with Crippen LogP contribution in [0.5, 0.6) is 11.5 Å². The summed E-state index contributed by atoms with van der Waals surface area (Å²) in [5.41, 5.74) is 5.78. The standard InChI is InChI=1S/C56H62N4O8/c1-3-65-55(63)57-49-35-47(29-31-53(49)67-41-45-25-15-9-16-26-45)51(61)39-59(37-43-21-11-7-12-22-43)33-19-5-6-20-34-60(38-44-23-13-8-14-24-44)40-52(62)48-30-32-54(50(36-48)58-56(64)66-4-2)68-42-46-27-17-10-18-28-46/h7-18,21-32,35-36H,3-6,19-20,33-34,37-42H2,1-2H3,(H,57,63)(H,58,64). The normalized spacial score (nSPS) is 10.9. The zero-order valence-corrected chi connectivity index (χ0v) is 39.1. The molecule has 0 unspecified atom stereocenters. The van der Waals surface area contributed by atoms with E-state index in [4.69, 9.17) is 18.9 Å². The van der Waals surface area contributed by atoms with Crippen LogP contribution in [-0.4, -0.2) is 72.9 Å². The Morgan fingerprint density at radius 2 is 0.794 bits per heavy atom. The number of anilines is 2. The van der Waals surface area contributed by atoms with Gasteiger partial charge in [-0.3, -0.25) is 30.0 Å². The molecule has 0 fully saturated rings. The molecule has 0 aromatic heterocycles. The molecule has 0 heterocycles. The SMILES string of the molecule is CCOC(=O)Nc1cc(C(=O)CN(CCCCCCN(CC(=O)c2ccc(OCc3ccccc3)c(NC(=O)OCC)c2)Cc2ccccc2)Cc2ccccc2)ccc1OCc1ccccc1. The van der Waals surface area contributed by atoms with Gasteiger partial charge in [0.1, 0.15) is 24.7 Å². The summed E-state index contributed by atoms with van der Waals surface area (Å²) in [6, 6.07) is 49.8. The largest absolute Gasteiger partial charge is 0.487 e. The topological polar surface area (TPSA) is 136 Å². The van der Waals surface area contributed by atoms with E-state index >= 15 is 0 Å². The number of amides is 2. The summed E-state index contributed by atoms with van der Waals surface area (Å²) in [6.45, 7) is 7.41. The maximum atomic E-state index is 14.0. The number of hydrogen-bond donors (Lipinski definition) is 2. The average molecular weight is 919 g/mol. The van der Waals surface area contributed by atoms with Gasteiger partial charge >= 0.3 is 12.2 Å². The van der Waals surface area contributed by atoms with E-state index in [0.29, 0.717) is 73.4 Å². The number of nitrogens with one attached hydrogen (secondary N) is 2. The summed E-state index contributed by atoms with van der Waals surface area (Å²) in [5, 5.41) is 5.51. The summed E-state index contributed by atoms with van der Waals surface area (Å²) in [6.07, 6.45) is 2.35. The molecule has 0 bridgehead atoms. The lowest BCUT2D eigenvalue weighted by Crippen LogP contribution is -2.31. The van der Waals surface area contributed by atoms with Crippen LogP contribution in [0.1, 0.15) is 82.5 Å². The van der Waals surface area contributed by atoms with Crippen molar-refractivity contribution in [2.24, 2.45) is 0 Å². The van der Waals surface area contributed by atoms with Gasteiger partial charge in [-0.1, -0.05) is 134 Å². The highest BCUT2D eigenvalue weighted by atomic mass is 16.6. The predicted molar refractivity (Wildman–Crippen MR) is 266 cm³/mol. The number of nitrogens with zero attached hydrogens (tertiary/aromatic N) is 2. The summed E-state index contributed by atoms with van der Waals surface area (Å²) in [7, 11) is 0. The van der Waals surface area contributed by atoms with Crippen molar-refractivity contribution >= 4 is 35.1 Å². The van der Waals surface area contributed by atoms with E-state index < -0.39 is 12.2 Å². The Morgan fingerprint density at radius 3 is 1.15 bits per heavy atom. The molecule has 6 aromatic rings. The summed E-state index contributed by atoms with van der Waals surface area (Å²) < 4.78 is 22.5. The Hall–Kier alpha value is -7.28. The number of ether oxygens (including phenoxy) is 4. The zero-order chi connectivity index (χ0) is 47.8. The lowest BCUT2D eigenvalue weighted by molar-refractivity contribution is 0.0913. The van der Waals surface area contributed by atoms with Gasteiger partial charge in [0.15, 0.2) is 11.6 Å². The van der Waals surface area contributed by atoms with E-state index in [1.807, 2.05) is 97.1 Å². The number of carbonyl (C=O) groups is 4. The minimum Gasteiger partial charge on any atom is -0.487 e. The molecule has 2 amide bonds. The number of unbranched alkanes of at least 4 members (excludes halogenated alkanes) is 3. The Balaban J connectivity index is 1.07. The molecule has 6 aromatic carbocycles. The molecule has 2 N–H and O–H groups in total. The molecular weight excluding hydrogens is 857 g/mol. The lowest BCUT2D eigenvalue weighted by atomic mass is 10.1. The first-order chi connectivity index (χ1) is 33.3. The number of Topliss-reactive ketones (excluding diaryl/α,β-unsaturated/α-hetero) is 2. The zero-order valence-electron chi connectivity index (χ0n) is 39.1. The van der Waals surface area contributed by atoms with Gasteiger partial charge in [0.25, 0.3) is 0 Å². The second kappa shape index (κ2) is 27.4. The second-order valence-electron chi connectivity index (χ2n) is 16.3. The highest BCUT2D eigenvalue weighted by Gasteiger charge is 2.20. The maximum Gasteiger partial charge on any atom is 0.411 e. The first-order valence-electron chi connectivity index (χ1n) is 23.3. The van der Waals surface area contributed by atoms with Crippen LogP contribution in [0.25, 0.3) is 0 Å². The van der Waals surface area contributed by atoms with Crippen molar-refractivity contribution in [1.82, 2.24) is 9.80 Å². The smallest absolute Gasteiger partial charge is 0.411 e. The molecule has 354 valence electrons. The van der Waals surface area contributed by atoms with Crippen molar-refractivity contribution in [3.05, 3.63) is 191 Å². The van der Waals surface area contributed by atoms with E-state index in [-0.39, 0.29) is 37.9 Å². The van der Waals surface area contributed by atoms with Crippen LogP contribution in [0.2, 0.25) is 0 Å². The van der Waals surface area contributed by atoms with Crippen molar-refractivity contribution in [3.8, 4) is 11.5 Å². The Bertz CT molecular complexity index is 2320. The van der Waals surface area contributed by atoms with Gasteiger partial charge in [-0.05, 0) is 98.4 Å². The minimum absolute atomic E-state index is 0.0817. The van der Waals surface area contributed by atoms with Crippen molar-refractivity contribution in [3.63, 3.8) is 0 Å². The molecule has 12 heteroatoms. The number of rotatable bonds is 27. The van der Waals surface area contributed by atoms with Crippen molar-refractivity contribution in [1.29, 1.82) is 0 Å². The monoisotopic (exact) mass is 918 g/mol. The first kappa shape index (κ1) is 50.1. The molecule has 0 spiro atoms. The van der Waals surface area contributed by atoms with Gasteiger partial charge in [-0.25, -0.2) is 9.59 Å². The quantitative estimate of drug-likeness (QED) is 0.0380. The molecule has 0 aliphatic heterocycles. The Labute approximate surface area is 400 Å². The van der Waals surface area contributed by atoms with E-state index in [1.165, 1.54) is 0 Å². The molecule has 0 aliphatic rings. The highest BCUT2D eigenvalue weighted by Crippen LogP contribution is 2.29. The minimum atomic E-state index is -0.628. The average Bonchev–Trinajstić information content (AvgIpc) is 3.35. The molecule has 6 rings (SSSR count). The Morgan fingerprint density at radius 1 is 0.441 bits per heavy atom. The first-order valence-corrected chi connectivity index (χ1v) is 23.3. The van der Waals surface area contributed by atoms with Gasteiger partial charge in [0, 0.05) is 24.2 Å². The van der Waals surface area contributed by atoms with Crippen molar-refractivity contribution in [2.45, 2.75) is 65.8 Å². The molecule has 12 nitrogen and oxygen atoms in total. The molecular formula is C56H62N4O8. The van der Waals surface area contributed by atoms with Crippen LogP contribution < -0.4 is 20.1 Å². The molecule has 0 saturated carbocycles. The van der Waals surface area contributed by atoms with Crippen LogP contribution in [0.15, 0.2) is 158 Å². The molecule has 68 heavy (non-hydrogen) atoms. The second-order valence-corrected chi connectivity index (χ2v) is 16.3. The molecule has 0 atom stereocenters. The summed E-state index contributed by atoms with van der Waals surface area (Å²) in [5.74, 6) is 0.703. The lowest BCUT2D eigenvalue weighted by Gasteiger charge is -2.23. The van der Waals surface area contributed by atoms with Crippen LogP contribution in [0, 0.1) is 0 Å². The van der Waals surface area contributed by atoms with E-state index in [2.05, 4.69) is 44.7 Å². The molecule has 0 saturated heterocycles. The number of hydrogen-bond acceptors (Lipinski definition) is 10. The van der Waals surface area contributed by atoms with Crippen LogP contribution in [0.3, 0.4) is 0 Å². The fourth-order valence-corrected chi connectivity index (χ4v) is 7.60. The summed E-state index contributed by atoms with van der Waals surface area (Å²) in [4.78, 5) is 57.3. The van der Waals surface area contributed by atoms with Crippen molar-refractivity contribution in [2.75, 3.05) is 50.0 Å². The fourth-order valence-electron chi connectivity index (χ4n) is 7.60. The van der Waals surface area contributed by atoms with Crippen LogP contribution in [0.4, 0.5) is 21.0 Å². The van der Waals surface area contributed by atoms with Crippen molar-refractivity contribution < 1.29 is 38.1 Å². The maximum absolute atomic E-state index is 14.0. The van der Waals surface area contributed by atoms with Gasteiger partial charge in [-0.2, -0.15) is 0 Å². The summed E-state index contributed by atoms with van der Waals surface area (Å²) >= 11 is 0. The third-order valence-electron chi connectivity index (χ3n) is 11.0.